The van der Waals surface area contributed by atoms with E-state index in [2.05, 4.69) is 10.4 Å². The molecule has 4 rings (SSSR count). The van der Waals surface area contributed by atoms with Crippen LogP contribution in [0, 0.1) is 0 Å². The second-order valence-corrected chi connectivity index (χ2v) is 7.43. The van der Waals surface area contributed by atoms with Crippen LogP contribution in [0.3, 0.4) is 0 Å². The molecule has 2 aromatic carbocycles. The molecule has 2 heterocycles. The molecule has 6 nitrogen and oxygen atoms in total. The number of amides is 1. The van der Waals surface area contributed by atoms with E-state index in [9.17, 15) is 4.79 Å². The molecule has 0 spiro atoms. The molecular formula is C21H20N4O2S. The zero-order chi connectivity index (χ0) is 19.5. The topological polar surface area (TPSA) is 66.3 Å². The third-order valence-electron chi connectivity index (χ3n) is 4.40. The number of carbonyl (C=O) groups excluding carboxylic acids is 1. The number of benzene rings is 2. The van der Waals surface area contributed by atoms with Gasteiger partial charge in [-0.15, -0.1) is 5.10 Å². The number of para-hydroxylation sites is 1. The van der Waals surface area contributed by atoms with Crippen molar-refractivity contribution in [3.63, 3.8) is 0 Å². The van der Waals surface area contributed by atoms with E-state index in [1.54, 1.807) is 12.1 Å². The average Bonchev–Trinajstić information content (AvgIpc) is 2.72. The van der Waals surface area contributed by atoms with E-state index in [1.165, 1.54) is 11.8 Å². The van der Waals surface area contributed by atoms with Gasteiger partial charge >= 0.3 is 0 Å². The zero-order valence-electron chi connectivity index (χ0n) is 15.6. The highest BCUT2D eigenvalue weighted by Crippen LogP contribution is 2.22. The maximum Gasteiger partial charge on any atom is 0.276 e. The molecule has 0 unspecified atom stereocenters. The van der Waals surface area contributed by atoms with Crippen molar-refractivity contribution in [2.45, 2.75) is 13.1 Å². The molecule has 142 valence electrons. The Labute approximate surface area is 167 Å². The van der Waals surface area contributed by atoms with Gasteiger partial charge in [0.25, 0.3) is 5.91 Å². The minimum Gasteiger partial charge on any atom is -0.497 e. The predicted octanol–water partition coefficient (Wildman–Crippen LogP) is 1.93. The molecule has 28 heavy (non-hydrogen) atoms. The van der Waals surface area contributed by atoms with Crippen LogP contribution in [0.25, 0.3) is 11.8 Å². The minimum atomic E-state index is -0.398. The van der Waals surface area contributed by atoms with Crippen LogP contribution in [0.15, 0.2) is 64.7 Å². The van der Waals surface area contributed by atoms with Crippen molar-refractivity contribution in [2.75, 3.05) is 12.9 Å². The van der Waals surface area contributed by atoms with Crippen LogP contribution in [0.4, 0.5) is 0 Å². The number of fused-ring (bicyclic) bond motifs is 2. The Balaban J connectivity index is 1.76. The molecule has 0 bridgehead atoms. The SMILES string of the molecule is CCSC1=NN2C(=c3ccccc3=N[C@H]2/C=C/c2ccc(OC)cc2)C(=O)N1. The zero-order valence-corrected chi connectivity index (χ0v) is 16.4. The third-order valence-corrected chi connectivity index (χ3v) is 5.15. The second kappa shape index (κ2) is 7.90. The lowest BCUT2D eigenvalue weighted by Crippen LogP contribution is -2.52. The highest BCUT2D eigenvalue weighted by Gasteiger charge is 2.32. The summed E-state index contributed by atoms with van der Waals surface area (Å²) in [6.07, 6.45) is 3.53. The van der Waals surface area contributed by atoms with E-state index in [1.807, 2.05) is 67.6 Å². The number of hydrogen-bond donors (Lipinski definition) is 1. The van der Waals surface area contributed by atoms with Gasteiger partial charge in [0.1, 0.15) is 11.4 Å². The van der Waals surface area contributed by atoms with Gasteiger partial charge in [-0.3, -0.25) is 15.1 Å². The number of hydrogen-bond acceptors (Lipinski definition) is 6. The molecule has 0 saturated heterocycles. The lowest BCUT2D eigenvalue weighted by atomic mass is 10.1. The summed E-state index contributed by atoms with van der Waals surface area (Å²) in [4.78, 5) is 17.6. The summed E-state index contributed by atoms with van der Waals surface area (Å²) in [6.45, 7) is 2.02. The van der Waals surface area contributed by atoms with Crippen LogP contribution >= 0.6 is 11.8 Å². The fourth-order valence-corrected chi connectivity index (χ4v) is 3.68. The molecule has 2 aliphatic heterocycles. The first kappa shape index (κ1) is 18.3. The van der Waals surface area contributed by atoms with Crippen LogP contribution in [0.2, 0.25) is 0 Å². The molecule has 0 fully saturated rings. The number of ether oxygens (including phenoxy) is 1. The summed E-state index contributed by atoms with van der Waals surface area (Å²) in [5.41, 5.74) is 1.54. The molecule has 0 saturated carbocycles. The van der Waals surface area contributed by atoms with E-state index in [4.69, 9.17) is 9.73 Å². The summed E-state index contributed by atoms with van der Waals surface area (Å²) in [5.74, 6) is 1.47. The molecule has 7 heteroatoms. The van der Waals surface area contributed by atoms with Gasteiger partial charge < -0.3 is 4.74 Å². The van der Waals surface area contributed by atoms with Crippen molar-refractivity contribution in [3.8, 4) is 5.75 Å². The standard InChI is InChI=1S/C21H20N4O2S/c1-3-28-21-23-20(26)19-16-6-4-5-7-17(16)22-18(25(19)24-21)13-10-14-8-11-15(27-2)12-9-14/h4-13,18H,3H2,1-2H3,(H,23,24,26)/b13-10+/t18-/m1/s1. The summed E-state index contributed by atoms with van der Waals surface area (Å²) < 4.78 is 5.20. The number of methoxy groups -OCH3 is 1. The van der Waals surface area contributed by atoms with Crippen LogP contribution < -0.4 is 20.6 Å². The summed E-state index contributed by atoms with van der Waals surface area (Å²) in [6, 6.07) is 15.4. The quantitative estimate of drug-likeness (QED) is 0.864. The Morgan fingerprint density at radius 2 is 2.00 bits per heavy atom. The number of amidine groups is 1. The number of rotatable bonds is 4. The third kappa shape index (κ3) is 3.53. The first-order valence-electron chi connectivity index (χ1n) is 9.01. The first-order valence-corrected chi connectivity index (χ1v) is 9.99. The van der Waals surface area contributed by atoms with Crippen molar-refractivity contribution in [1.29, 1.82) is 0 Å². The van der Waals surface area contributed by atoms with Crippen molar-refractivity contribution >= 4 is 34.6 Å². The number of thioether (sulfide) groups is 1. The van der Waals surface area contributed by atoms with Gasteiger partial charge in [-0.1, -0.05) is 55.1 Å². The average molecular weight is 392 g/mol. The monoisotopic (exact) mass is 392 g/mol. The van der Waals surface area contributed by atoms with Crippen LogP contribution in [0.1, 0.15) is 12.5 Å². The Morgan fingerprint density at radius 3 is 2.75 bits per heavy atom. The normalized spacial score (nSPS) is 18.1. The van der Waals surface area contributed by atoms with Crippen molar-refractivity contribution in [2.24, 2.45) is 10.1 Å². The molecule has 2 aliphatic rings. The highest BCUT2D eigenvalue weighted by atomic mass is 32.2. The summed E-state index contributed by atoms with van der Waals surface area (Å²) in [7, 11) is 1.64. The Bertz CT molecular complexity index is 1080. The molecule has 0 aromatic heterocycles. The van der Waals surface area contributed by atoms with E-state index < -0.39 is 6.17 Å². The summed E-state index contributed by atoms with van der Waals surface area (Å²) >= 11 is 1.50. The summed E-state index contributed by atoms with van der Waals surface area (Å²) in [5, 5.41) is 11.4. The van der Waals surface area contributed by atoms with Crippen molar-refractivity contribution in [1.82, 2.24) is 10.3 Å². The van der Waals surface area contributed by atoms with Crippen LogP contribution in [-0.2, 0) is 4.79 Å². The number of hydrazone groups is 1. The molecule has 2 aromatic rings. The molecule has 0 aliphatic carbocycles. The first-order chi connectivity index (χ1) is 13.7. The van der Waals surface area contributed by atoms with Crippen molar-refractivity contribution in [3.05, 3.63) is 70.7 Å². The van der Waals surface area contributed by atoms with E-state index >= 15 is 0 Å². The molecule has 1 atom stereocenters. The highest BCUT2D eigenvalue weighted by molar-refractivity contribution is 8.13. The van der Waals surface area contributed by atoms with Gasteiger partial charge in [0.05, 0.1) is 12.5 Å². The minimum absolute atomic E-state index is 0.156. The van der Waals surface area contributed by atoms with Crippen LogP contribution in [0.5, 0.6) is 5.75 Å². The van der Waals surface area contributed by atoms with E-state index in [0.717, 1.165) is 27.6 Å². The number of nitrogens with one attached hydrogen (secondary N) is 1. The van der Waals surface area contributed by atoms with Crippen molar-refractivity contribution < 1.29 is 9.53 Å². The Morgan fingerprint density at radius 1 is 1.21 bits per heavy atom. The smallest absolute Gasteiger partial charge is 0.276 e. The lowest BCUT2D eigenvalue weighted by Gasteiger charge is -2.32. The largest absolute Gasteiger partial charge is 0.497 e. The second-order valence-electron chi connectivity index (χ2n) is 6.18. The van der Waals surface area contributed by atoms with E-state index in [0.29, 0.717) is 10.9 Å². The maximum absolute atomic E-state index is 12.8. The van der Waals surface area contributed by atoms with Gasteiger partial charge in [-0.2, -0.15) is 0 Å². The van der Waals surface area contributed by atoms with Gasteiger partial charge in [0.15, 0.2) is 11.3 Å². The maximum atomic E-state index is 12.8. The fourth-order valence-electron chi connectivity index (χ4n) is 3.09. The van der Waals surface area contributed by atoms with Gasteiger partial charge in [0, 0.05) is 5.22 Å². The van der Waals surface area contributed by atoms with Gasteiger partial charge in [-0.05, 0) is 35.6 Å². The van der Waals surface area contributed by atoms with Gasteiger partial charge in [0.2, 0.25) is 0 Å². The Hall–Kier alpha value is -3.06. The molecule has 1 amide bonds. The molecule has 0 radical (unpaired) electrons. The van der Waals surface area contributed by atoms with Crippen LogP contribution in [-0.4, -0.2) is 35.1 Å². The number of nitrogens with zero attached hydrogens (tertiary/aromatic N) is 3. The number of carbonyl (C=O) groups is 1. The van der Waals surface area contributed by atoms with E-state index in [-0.39, 0.29) is 5.91 Å². The van der Waals surface area contributed by atoms with Gasteiger partial charge in [-0.25, -0.2) is 5.01 Å². The predicted molar refractivity (Wildman–Crippen MR) is 112 cm³/mol. The molecular weight excluding hydrogens is 372 g/mol. The lowest BCUT2D eigenvalue weighted by molar-refractivity contribution is -0.116. The Kier molecular flexibility index (Phi) is 5.16. The fraction of sp³-hybridized carbons (Fsp3) is 0.190. The molecule has 1 N–H and O–H groups in total.